The van der Waals surface area contributed by atoms with Gasteiger partial charge in [-0.3, -0.25) is 9.88 Å². The van der Waals surface area contributed by atoms with Crippen LogP contribution in [0.1, 0.15) is 5.56 Å². The number of pyridine rings is 1. The average Bonchev–Trinajstić information content (AvgIpc) is 2.29. The van der Waals surface area contributed by atoms with E-state index in [1.165, 1.54) is 5.56 Å². The molecule has 1 rings (SSSR count). The minimum absolute atomic E-state index is 0.0106. The molecule has 1 aromatic rings. The minimum atomic E-state index is -0.160. The Labute approximate surface area is 90.2 Å². The third kappa shape index (κ3) is 3.95. The third-order valence-corrected chi connectivity index (χ3v) is 2.55. The van der Waals surface area contributed by atoms with Crippen LogP contribution in [0.3, 0.4) is 0 Å². The van der Waals surface area contributed by atoms with Gasteiger partial charge >= 0.3 is 0 Å². The zero-order valence-corrected chi connectivity index (χ0v) is 9.00. The van der Waals surface area contributed by atoms with E-state index >= 15 is 0 Å². The van der Waals surface area contributed by atoms with E-state index in [0.717, 1.165) is 13.0 Å². The summed E-state index contributed by atoms with van der Waals surface area (Å²) in [4.78, 5) is 5.91. The zero-order valence-electron chi connectivity index (χ0n) is 9.00. The highest BCUT2D eigenvalue weighted by Crippen LogP contribution is 2.01. The van der Waals surface area contributed by atoms with Crippen molar-refractivity contribution in [2.75, 3.05) is 26.8 Å². The van der Waals surface area contributed by atoms with Gasteiger partial charge in [-0.1, -0.05) is 0 Å². The van der Waals surface area contributed by atoms with Crippen LogP contribution in [-0.4, -0.2) is 52.9 Å². The molecular formula is C11H18N2O2. The molecule has 1 aromatic heterocycles. The Morgan fingerprint density at radius 3 is 2.40 bits per heavy atom. The number of hydrogen-bond donors (Lipinski definition) is 2. The molecule has 0 bridgehead atoms. The molecule has 4 heteroatoms. The first-order chi connectivity index (χ1) is 7.27. The van der Waals surface area contributed by atoms with Gasteiger partial charge in [0.05, 0.1) is 19.3 Å². The van der Waals surface area contributed by atoms with Crippen LogP contribution in [-0.2, 0) is 6.42 Å². The van der Waals surface area contributed by atoms with Gasteiger partial charge in [0.2, 0.25) is 0 Å². The summed E-state index contributed by atoms with van der Waals surface area (Å²) in [5.74, 6) is 0. The fraction of sp³-hybridized carbons (Fsp3) is 0.545. The van der Waals surface area contributed by atoms with Crippen molar-refractivity contribution < 1.29 is 10.2 Å². The summed E-state index contributed by atoms with van der Waals surface area (Å²) in [5.41, 5.74) is 1.21. The molecule has 0 atom stereocenters. The second kappa shape index (κ2) is 6.50. The van der Waals surface area contributed by atoms with Crippen LogP contribution in [0.5, 0.6) is 0 Å². The van der Waals surface area contributed by atoms with Gasteiger partial charge in [0, 0.05) is 18.9 Å². The second-order valence-electron chi connectivity index (χ2n) is 3.61. The summed E-state index contributed by atoms with van der Waals surface area (Å²) in [6.45, 7) is 0.794. The summed E-state index contributed by atoms with van der Waals surface area (Å²) in [6, 6.07) is 3.79. The summed E-state index contributed by atoms with van der Waals surface area (Å²) < 4.78 is 0. The SMILES string of the molecule is CN(CCc1ccncc1)C(CO)CO. The Kier molecular flexibility index (Phi) is 5.25. The summed E-state index contributed by atoms with van der Waals surface area (Å²) in [6.07, 6.45) is 4.44. The fourth-order valence-corrected chi connectivity index (χ4v) is 1.37. The molecule has 0 saturated carbocycles. The monoisotopic (exact) mass is 210 g/mol. The predicted molar refractivity (Wildman–Crippen MR) is 58.5 cm³/mol. The molecule has 0 amide bonds. The molecule has 0 fully saturated rings. The van der Waals surface area contributed by atoms with Gasteiger partial charge in [-0.25, -0.2) is 0 Å². The first kappa shape index (κ1) is 12.1. The fourth-order valence-electron chi connectivity index (χ4n) is 1.37. The Hall–Kier alpha value is -0.970. The van der Waals surface area contributed by atoms with E-state index in [0.29, 0.717) is 0 Å². The van der Waals surface area contributed by atoms with Crippen molar-refractivity contribution in [3.05, 3.63) is 30.1 Å². The lowest BCUT2D eigenvalue weighted by atomic mass is 10.2. The molecule has 0 unspecified atom stereocenters. The molecule has 0 aliphatic carbocycles. The number of rotatable bonds is 6. The Morgan fingerprint density at radius 1 is 1.27 bits per heavy atom. The smallest absolute Gasteiger partial charge is 0.0609 e. The Morgan fingerprint density at radius 2 is 1.87 bits per heavy atom. The quantitative estimate of drug-likeness (QED) is 0.689. The number of aliphatic hydroxyl groups excluding tert-OH is 2. The van der Waals surface area contributed by atoms with Gasteiger partial charge in [0.25, 0.3) is 0 Å². The van der Waals surface area contributed by atoms with Crippen LogP contribution in [0.4, 0.5) is 0 Å². The maximum absolute atomic E-state index is 8.98. The maximum atomic E-state index is 8.98. The molecule has 0 spiro atoms. The number of aliphatic hydroxyl groups is 2. The molecule has 0 radical (unpaired) electrons. The number of likely N-dealkylation sites (N-methyl/N-ethyl adjacent to an activating group) is 1. The van der Waals surface area contributed by atoms with Crippen LogP contribution in [0.25, 0.3) is 0 Å². The molecule has 0 aromatic carbocycles. The molecule has 15 heavy (non-hydrogen) atoms. The van der Waals surface area contributed by atoms with E-state index < -0.39 is 0 Å². The van der Waals surface area contributed by atoms with E-state index in [-0.39, 0.29) is 19.3 Å². The highest BCUT2D eigenvalue weighted by Gasteiger charge is 2.11. The van der Waals surface area contributed by atoms with E-state index in [9.17, 15) is 0 Å². The van der Waals surface area contributed by atoms with Crippen molar-refractivity contribution in [2.24, 2.45) is 0 Å². The normalized spacial score (nSPS) is 11.3. The molecule has 4 nitrogen and oxygen atoms in total. The van der Waals surface area contributed by atoms with Crippen molar-refractivity contribution in [1.29, 1.82) is 0 Å². The Balaban J connectivity index is 2.36. The van der Waals surface area contributed by atoms with Gasteiger partial charge in [-0.05, 0) is 31.2 Å². The lowest BCUT2D eigenvalue weighted by Gasteiger charge is -2.24. The first-order valence-electron chi connectivity index (χ1n) is 5.08. The van der Waals surface area contributed by atoms with E-state index in [1.807, 2.05) is 24.1 Å². The molecule has 0 aliphatic rings. The highest BCUT2D eigenvalue weighted by atomic mass is 16.3. The zero-order chi connectivity index (χ0) is 11.1. The lowest BCUT2D eigenvalue weighted by molar-refractivity contribution is 0.0925. The topological polar surface area (TPSA) is 56.6 Å². The molecular weight excluding hydrogens is 192 g/mol. The van der Waals surface area contributed by atoms with Gasteiger partial charge in [0.1, 0.15) is 0 Å². The van der Waals surface area contributed by atoms with Crippen LogP contribution in [0.2, 0.25) is 0 Å². The van der Waals surface area contributed by atoms with Crippen molar-refractivity contribution in [2.45, 2.75) is 12.5 Å². The largest absolute Gasteiger partial charge is 0.395 e. The minimum Gasteiger partial charge on any atom is -0.395 e. The van der Waals surface area contributed by atoms with E-state index in [4.69, 9.17) is 10.2 Å². The number of nitrogens with zero attached hydrogens (tertiary/aromatic N) is 2. The van der Waals surface area contributed by atoms with Crippen LogP contribution in [0.15, 0.2) is 24.5 Å². The lowest BCUT2D eigenvalue weighted by Crippen LogP contribution is -2.38. The first-order valence-corrected chi connectivity index (χ1v) is 5.08. The van der Waals surface area contributed by atoms with Crippen LogP contribution in [0, 0.1) is 0 Å². The number of aromatic nitrogens is 1. The van der Waals surface area contributed by atoms with Gasteiger partial charge in [0.15, 0.2) is 0 Å². The standard InChI is InChI=1S/C11H18N2O2/c1-13(11(8-14)9-15)7-4-10-2-5-12-6-3-10/h2-3,5-6,11,14-15H,4,7-9H2,1H3. The van der Waals surface area contributed by atoms with E-state index in [2.05, 4.69) is 4.98 Å². The highest BCUT2D eigenvalue weighted by molar-refractivity contribution is 5.09. The van der Waals surface area contributed by atoms with Crippen LogP contribution < -0.4 is 0 Å². The van der Waals surface area contributed by atoms with Crippen molar-refractivity contribution in [1.82, 2.24) is 9.88 Å². The second-order valence-corrected chi connectivity index (χ2v) is 3.61. The molecule has 84 valence electrons. The predicted octanol–water partition coefficient (Wildman–Crippen LogP) is -0.0909. The summed E-state index contributed by atoms with van der Waals surface area (Å²) in [5, 5.41) is 18.0. The maximum Gasteiger partial charge on any atom is 0.0609 e. The molecule has 2 N–H and O–H groups in total. The molecule has 0 aliphatic heterocycles. The third-order valence-electron chi connectivity index (χ3n) is 2.55. The summed E-state index contributed by atoms with van der Waals surface area (Å²) in [7, 11) is 1.90. The molecule has 1 heterocycles. The van der Waals surface area contributed by atoms with Gasteiger partial charge in [-0.15, -0.1) is 0 Å². The average molecular weight is 210 g/mol. The van der Waals surface area contributed by atoms with Crippen molar-refractivity contribution in [3.8, 4) is 0 Å². The molecule has 0 saturated heterocycles. The van der Waals surface area contributed by atoms with Crippen LogP contribution >= 0.6 is 0 Å². The van der Waals surface area contributed by atoms with Crippen molar-refractivity contribution in [3.63, 3.8) is 0 Å². The van der Waals surface area contributed by atoms with Gasteiger partial charge < -0.3 is 10.2 Å². The summed E-state index contributed by atoms with van der Waals surface area (Å²) >= 11 is 0. The van der Waals surface area contributed by atoms with E-state index in [1.54, 1.807) is 12.4 Å². The Bertz CT molecular complexity index is 263. The number of hydrogen-bond acceptors (Lipinski definition) is 4. The van der Waals surface area contributed by atoms with Gasteiger partial charge in [-0.2, -0.15) is 0 Å². The van der Waals surface area contributed by atoms with Crippen molar-refractivity contribution >= 4 is 0 Å².